The zero-order valence-corrected chi connectivity index (χ0v) is 14.7. The average Bonchev–Trinajstić information content (AvgIpc) is 3.22. The van der Waals surface area contributed by atoms with E-state index in [4.69, 9.17) is 8.83 Å². The Kier molecular flexibility index (Phi) is 3.07. The molecule has 26 heavy (non-hydrogen) atoms. The van der Waals surface area contributed by atoms with E-state index in [9.17, 15) is 0 Å². The predicted molar refractivity (Wildman–Crippen MR) is 106 cm³/mol. The van der Waals surface area contributed by atoms with Crippen molar-refractivity contribution in [1.29, 1.82) is 0 Å². The lowest BCUT2D eigenvalue weighted by atomic mass is 10.0. The highest BCUT2D eigenvalue weighted by Gasteiger charge is 2.15. The number of nitrogens with zero attached hydrogens (tertiary/aromatic N) is 1. The third-order valence-electron chi connectivity index (χ3n) is 4.92. The van der Waals surface area contributed by atoms with E-state index in [1.165, 1.54) is 0 Å². The SMILES string of the molecule is C=C[N+](C)=[C-]c1c(C)ccc2c1oc1c2ccc2c3ccccc3oc21. The van der Waals surface area contributed by atoms with E-state index >= 15 is 0 Å². The minimum Gasteiger partial charge on any atom is -0.496 e. The molecule has 5 aromatic rings. The Hall–Kier alpha value is -3.33. The number of rotatable bonds is 2. The molecule has 2 heterocycles. The normalized spacial score (nSPS) is 12.6. The van der Waals surface area contributed by atoms with Crippen molar-refractivity contribution >= 4 is 50.1 Å². The summed E-state index contributed by atoms with van der Waals surface area (Å²) in [7, 11) is 1.91. The van der Waals surface area contributed by atoms with Gasteiger partial charge in [-0.05, 0) is 23.1 Å². The highest BCUT2D eigenvalue weighted by Crippen LogP contribution is 2.39. The number of aryl methyl sites for hydroxylation is 1. The van der Waals surface area contributed by atoms with Crippen molar-refractivity contribution in [2.45, 2.75) is 6.92 Å². The van der Waals surface area contributed by atoms with Crippen LogP contribution in [0.2, 0.25) is 0 Å². The molecule has 0 spiro atoms. The summed E-state index contributed by atoms with van der Waals surface area (Å²) in [6, 6.07) is 16.5. The maximum Gasteiger partial charge on any atom is 0.177 e. The van der Waals surface area contributed by atoms with Crippen molar-refractivity contribution in [1.82, 2.24) is 0 Å². The van der Waals surface area contributed by atoms with Crippen LogP contribution >= 0.6 is 0 Å². The van der Waals surface area contributed by atoms with E-state index in [2.05, 4.69) is 50.0 Å². The summed E-state index contributed by atoms with van der Waals surface area (Å²) >= 11 is 0. The molecule has 126 valence electrons. The molecule has 0 unspecified atom stereocenters. The number of hydrogen-bond acceptors (Lipinski definition) is 2. The molecule has 0 saturated carbocycles. The van der Waals surface area contributed by atoms with E-state index in [-0.39, 0.29) is 0 Å². The lowest BCUT2D eigenvalue weighted by Gasteiger charge is -2.06. The number of para-hydroxylation sites is 1. The molecule has 2 aromatic heterocycles. The van der Waals surface area contributed by atoms with Crippen molar-refractivity contribution in [3.63, 3.8) is 0 Å². The first-order valence-corrected chi connectivity index (χ1v) is 8.55. The average molecular weight is 339 g/mol. The first-order chi connectivity index (χ1) is 12.7. The first kappa shape index (κ1) is 15.0. The van der Waals surface area contributed by atoms with Gasteiger partial charge in [0.1, 0.15) is 12.6 Å². The molecule has 5 rings (SSSR count). The van der Waals surface area contributed by atoms with Crippen LogP contribution in [0, 0.1) is 6.92 Å². The smallest absolute Gasteiger partial charge is 0.177 e. The van der Waals surface area contributed by atoms with Gasteiger partial charge in [0.15, 0.2) is 17.4 Å². The number of fused-ring (bicyclic) bond motifs is 7. The molecule has 3 heteroatoms. The van der Waals surface area contributed by atoms with E-state index < -0.39 is 0 Å². The third kappa shape index (κ3) is 1.97. The van der Waals surface area contributed by atoms with Gasteiger partial charge < -0.3 is 8.83 Å². The van der Waals surface area contributed by atoms with Crippen LogP contribution in [0.5, 0.6) is 0 Å². The second-order valence-corrected chi connectivity index (χ2v) is 6.56. The topological polar surface area (TPSA) is 29.3 Å². The molecule has 0 aliphatic heterocycles. The molecule has 0 atom stereocenters. The molecular formula is C23H17NO2. The van der Waals surface area contributed by atoms with E-state index in [1.54, 1.807) is 6.20 Å². The fraction of sp³-hybridized carbons (Fsp3) is 0.0870. The maximum absolute atomic E-state index is 6.34. The van der Waals surface area contributed by atoms with E-state index in [1.807, 2.05) is 29.8 Å². The Balaban J connectivity index is 1.96. The predicted octanol–water partition coefficient (Wildman–Crippen LogP) is 5.88. The molecule has 0 bridgehead atoms. The standard InChI is InChI=1S/C23H17NO2/c1-4-24(3)13-19-14(2)9-10-17-18-12-11-16-15-7-5-6-8-20(15)25-22(16)23(18)26-21(17)19/h4-12H,1H2,2-3H3. The van der Waals surface area contributed by atoms with Gasteiger partial charge in [-0.15, -0.1) is 11.6 Å². The summed E-state index contributed by atoms with van der Waals surface area (Å²) in [5.74, 6) is 0. The summed E-state index contributed by atoms with van der Waals surface area (Å²) in [6.45, 7) is 5.85. The minimum atomic E-state index is 0.781. The van der Waals surface area contributed by atoms with Crippen molar-refractivity contribution in [2.75, 3.05) is 7.05 Å². The quantitative estimate of drug-likeness (QED) is 0.228. The van der Waals surface area contributed by atoms with Crippen molar-refractivity contribution in [3.05, 3.63) is 72.4 Å². The fourth-order valence-corrected chi connectivity index (χ4v) is 3.54. The lowest BCUT2D eigenvalue weighted by molar-refractivity contribution is -0.415. The second-order valence-electron chi connectivity index (χ2n) is 6.56. The van der Waals surface area contributed by atoms with Gasteiger partial charge >= 0.3 is 0 Å². The van der Waals surface area contributed by atoms with Gasteiger partial charge in [0.05, 0.1) is 11.8 Å². The first-order valence-electron chi connectivity index (χ1n) is 8.55. The van der Waals surface area contributed by atoms with Crippen LogP contribution in [-0.4, -0.2) is 17.8 Å². The molecule has 0 fully saturated rings. The lowest BCUT2D eigenvalue weighted by Crippen LogP contribution is -2.00. The number of hydrogen-bond donors (Lipinski definition) is 0. The van der Waals surface area contributed by atoms with Gasteiger partial charge in [-0.3, -0.25) is 4.58 Å². The zero-order chi connectivity index (χ0) is 17.8. The molecule has 3 nitrogen and oxygen atoms in total. The van der Waals surface area contributed by atoms with Gasteiger partial charge in [-0.2, -0.15) is 0 Å². The van der Waals surface area contributed by atoms with Gasteiger partial charge in [-0.25, -0.2) is 0 Å². The Bertz CT molecular complexity index is 1370. The maximum atomic E-state index is 6.34. The van der Waals surface area contributed by atoms with Crippen molar-refractivity contribution in [2.24, 2.45) is 0 Å². The van der Waals surface area contributed by atoms with Gasteiger partial charge in [0.2, 0.25) is 0 Å². The zero-order valence-electron chi connectivity index (χ0n) is 14.7. The molecule has 3 aromatic carbocycles. The van der Waals surface area contributed by atoms with Crippen LogP contribution in [0.3, 0.4) is 0 Å². The Morgan fingerprint density at radius 1 is 0.846 bits per heavy atom. The molecule has 0 aliphatic rings. The molecule has 0 aliphatic carbocycles. The molecule has 0 amide bonds. The number of benzene rings is 3. The molecule has 0 radical (unpaired) electrons. The molecule has 0 saturated heterocycles. The third-order valence-corrected chi connectivity index (χ3v) is 4.92. The monoisotopic (exact) mass is 339 g/mol. The van der Waals surface area contributed by atoms with E-state index in [0.29, 0.717) is 0 Å². The largest absolute Gasteiger partial charge is 0.496 e. The summed E-state index contributed by atoms with van der Waals surface area (Å²) in [5, 5.41) is 4.29. The van der Waals surface area contributed by atoms with Crippen molar-refractivity contribution in [3.8, 4) is 0 Å². The van der Waals surface area contributed by atoms with Gasteiger partial charge in [0, 0.05) is 16.2 Å². The van der Waals surface area contributed by atoms with Crippen LogP contribution in [0.25, 0.3) is 43.9 Å². The van der Waals surface area contributed by atoms with Crippen LogP contribution < -0.4 is 0 Å². The highest BCUT2D eigenvalue weighted by molar-refractivity contribution is 6.20. The highest BCUT2D eigenvalue weighted by atomic mass is 16.4. The van der Waals surface area contributed by atoms with Gasteiger partial charge in [-0.1, -0.05) is 43.8 Å². The fourth-order valence-electron chi connectivity index (χ4n) is 3.54. The number of furan rings is 2. The summed E-state index contributed by atoms with van der Waals surface area (Å²) < 4.78 is 14.3. The van der Waals surface area contributed by atoms with Crippen molar-refractivity contribution < 1.29 is 13.4 Å². The summed E-state index contributed by atoms with van der Waals surface area (Å²) in [4.78, 5) is 0. The summed E-state index contributed by atoms with van der Waals surface area (Å²) in [5.41, 5.74) is 5.30. The van der Waals surface area contributed by atoms with Gasteiger partial charge in [0.25, 0.3) is 0 Å². The van der Waals surface area contributed by atoms with Crippen LogP contribution in [0.15, 0.2) is 70.1 Å². The Morgan fingerprint density at radius 3 is 2.31 bits per heavy atom. The Morgan fingerprint density at radius 2 is 1.50 bits per heavy atom. The van der Waals surface area contributed by atoms with E-state index in [0.717, 1.165) is 55.0 Å². The second kappa shape index (κ2) is 5.33. The molecular weight excluding hydrogens is 322 g/mol. The Labute approximate surface area is 150 Å². The van der Waals surface area contributed by atoms with Crippen LogP contribution in [0.4, 0.5) is 0 Å². The summed E-state index contributed by atoms with van der Waals surface area (Å²) in [6.07, 6.45) is 5.05. The molecule has 0 N–H and O–H groups in total. The van der Waals surface area contributed by atoms with Crippen LogP contribution in [-0.2, 0) is 0 Å². The minimum absolute atomic E-state index is 0.781. The van der Waals surface area contributed by atoms with Crippen LogP contribution in [0.1, 0.15) is 11.1 Å².